The molecule has 0 spiro atoms. The molecule has 306 valence electrons. The Morgan fingerprint density at radius 2 is 1.49 bits per heavy atom. The number of hydrogen-bond acceptors (Lipinski definition) is 15. The number of carbonyl (C=O) groups is 4. The first-order valence-corrected chi connectivity index (χ1v) is 19.3. The smallest absolute Gasteiger partial charge is 0.468 e. The van der Waals surface area contributed by atoms with Crippen LogP contribution in [0.4, 0.5) is 29.0 Å². The molecule has 6 atom stereocenters. The number of hydrogen-bond donors (Lipinski definition) is 1. The summed E-state index contributed by atoms with van der Waals surface area (Å²) in [6.45, 7) is 14.6. The zero-order chi connectivity index (χ0) is 41.7. The van der Waals surface area contributed by atoms with E-state index in [0.29, 0.717) is 4.90 Å². The van der Waals surface area contributed by atoms with E-state index >= 15 is 4.39 Å². The second kappa shape index (κ2) is 17.7. The average Bonchev–Trinajstić information content (AvgIpc) is 3.32. The fourth-order valence-electron chi connectivity index (χ4n) is 4.54. The molecular weight excluding hydrogens is 773 g/mol. The van der Waals surface area contributed by atoms with Crippen LogP contribution >= 0.6 is 19.5 Å². The number of methoxy groups -OCH3 is 1. The van der Waals surface area contributed by atoms with Gasteiger partial charge in [-0.25, -0.2) is 32.5 Å². The average molecular weight is 821 g/mol. The van der Waals surface area contributed by atoms with E-state index < -0.39 is 102 Å². The van der Waals surface area contributed by atoms with Gasteiger partial charge in [0.15, 0.2) is 18.1 Å². The normalized spacial score (nSPS) is 20.4. The van der Waals surface area contributed by atoms with Crippen molar-refractivity contribution in [2.75, 3.05) is 18.6 Å². The summed E-state index contributed by atoms with van der Waals surface area (Å²) in [7, 11) is -3.47. The number of ether oxygens (including phenoxy) is 5. The van der Waals surface area contributed by atoms with Gasteiger partial charge in [0.1, 0.15) is 39.8 Å². The minimum Gasteiger partial charge on any atom is -0.468 e. The van der Waals surface area contributed by atoms with Gasteiger partial charge in [-0.05, 0) is 99.6 Å². The van der Waals surface area contributed by atoms with Crippen molar-refractivity contribution >= 4 is 49.6 Å². The van der Waals surface area contributed by atoms with Crippen LogP contribution in [0, 0.1) is 5.82 Å². The lowest BCUT2D eigenvalue weighted by molar-refractivity contribution is -0.142. The van der Waals surface area contributed by atoms with E-state index in [1.807, 2.05) is 0 Å². The van der Waals surface area contributed by atoms with Gasteiger partial charge in [0.25, 0.3) is 0 Å². The van der Waals surface area contributed by atoms with Gasteiger partial charge in [-0.2, -0.15) is 15.0 Å². The number of alkyl halides is 1. The zero-order valence-corrected chi connectivity index (χ0v) is 34.0. The highest BCUT2D eigenvalue weighted by atomic mass is 32.2. The number of nitrogens with one attached hydrogen (secondary N) is 1. The first-order valence-electron chi connectivity index (χ1n) is 16.8. The highest BCUT2D eigenvalue weighted by molar-refractivity contribution is 8.00. The van der Waals surface area contributed by atoms with Crippen molar-refractivity contribution in [1.82, 2.24) is 14.6 Å². The minimum atomic E-state index is -4.57. The van der Waals surface area contributed by atoms with E-state index in [0.717, 1.165) is 60.0 Å². The molecule has 1 saturated heterocycles. The first kappa shape index (κ1) is 45.1. The molecule has 17 nitrogen and oxygen atoms in total. The number of imide groups is 1. The van der Waals surface area contributed by atoms with Gasteiger partial charge in [-0.1, -0.05) is 0 Å². The third-order valence-electron chi connectivity index (χ3n) is 6.71. The third-order valence-corrected chi connectivity index (χ3v) is 9.88. The predicted octanol–water partition coefficient (Wildman–Crippen LogP) is 6.69. The summed E-state index contributed by atoms with van der Waals surface area (Å²) >= 11 is 0.723. The van der Waals surface area contributed by atoms with Crippen molar-refractivity contribution < 1.29 is 65.3 Å². The van der Waals surface area contributed by atoms with Crippen LogP contribution in [0.15, 0.2) is 41.3 Å². The van der Waals surface area contributed by atoms with Crippen LogP contribution in [0.2, 0.25) is 0 Å². The molecule has 0 radical (unpaired) electrons. The molecule has 2 amide bonds. The molecule has 55 heavy (non-hydrogen) atoms. The van der Waals surface area contributed by atoms with Crippen molar-refractivity contribution in [2.24, 2.45) is 0 Å². The lowest BCUT2D eigenvalue weighted by Crippen LogP contribution is -2.45. The third kappa shape index (κ3) is 13.5. The Morgan fingerprint density at radius 3 is 1.98 bits per heavy atom. The molecule has 1 aromatic carbocycles. The number of aromatic nitrogens is 2. The maximum Gasteiger partial charge on any atom is 0.509 e. The summed E-state index contributed by atoms with van der Waals surface area (Å²) in [6, 6.07) is 4.18. The Kier molecular flexibility index (Phi) is 14.5. The Hall–Kier alpha value is -4.26. The fraction of sp³-hybridized carbons (Fsp3) is 0.588. The number of halogens is 2. The summed E-state index contributed by atoms with van der Waals surface area (Å²) < 4.78 is 82.0. The molecule has 1 fully saturated rings. The van der Waals surface area contributed by atoms with Gasteiger partial charge < -0.3 is 28.2 Å². The lowest BCUT2D eigenvalue weighted by atomic mass is 10.1. The van der Waals surface area contributed by atoms with Crippen LogP contribution in [-0.4, -0.2) is 87.9 Å². The maximum absolute atomic E-state index is 16.4. The summed E-state index contributed by atoms with van der Waals surface area (Å²) in [5, 5.41) is -0.297. The van der Waals surface area contributed by atoms with Gasteiger partial charge in [0.05, 0.1) is 19.0 Å². The molecule has 1 aliphatic heterocycles. The molecule has 0 aliphatic carbocycles. The van der Waals surface area contributed by atoms with E-state index in [4.69, 9.17) is 28.0 Å². The minimum absolute atomic E-state index is 0.124. The Bertz CT molecular complexity index is 1780. The second-order valence-electron chi connectivity index (χ2n) is 15.0. The number of benzene rings is 1. The number of thioether (sulfide) groups is 1. The first-order chi connectivity index (χ1) is 25.2. The van der Waals surface area contributed by atoms with E-state index in [1.165, 1.54) is 6.92 Å². The molecule has 0 bridgehead atoms. The number of nitrogens with zero attached hydrogens (tertiary/aromatic N) is 3. The fourth-order valence-corrected chi connectivity index (χ4v) is 7.62. The van der Waals surface area contributed by atoms with Crippen molar-refractivity contribution in [1.29, 1.82) is 0 Å². The SMILES string of the molecule is COC(=O)C(C)NP(=O)(OC[C@H]1S[C@@H](n2ccc(N(C(=O)OC(C)(C)C)C(=O)OC(C)(C)C)nc2=O)[C@@H](F)[C@@H]1OC(=O)OC(C)(C)C)Oc1ccc(F)cc1. The van der Waals surface area contributed by atoms with Crippen LogP contribution in [-0.2, 0) is 37.6 Å². The zero-order valence-electron chi connectivity index (χ0n) is 32.3. The Labute approximate surface area is 321 Å². The number of carbonyl (C=O) groups excluding carboxylic acids is 4. The van der Waals surface area contributed by atoms with E-state index in [9.17, 15) is 32.9 Å². The molecule has 2 heterocycles. The van der Waals surface area contributed by atoms with Crippen LogP contribution in [0.25, 0.3) is 0 Å². The van der Waals surface area contributed by atoms with Gasteiger partial charge in [-0.15, -0.1) is 11.8 Å². The van der Waals surface area contributed by atoms with Crippen LogP contribution in [0.3, 0.4) is 0 Å². The second-order valence-corrected chi connectivity index (χ2v) is 18.1. The number of rotatable bonds is 11. The molecule has 1 aliphatic rings. The summed E-state index contributed by atoms with van der Waals surface area (Å²) in [6.07, 6.45) is -6.46. The van der Waals surface area contributed by atoms with Gasteiger partial charge >= 0.3 is 37.7 Å². The Morgan fingerprint density at radius 1 is 0.945 bits per heavy atom. The van der Waals surface area contributed by atoms with Crippen molar-refractivity contribution in [2.45, 2.75) is 115 Å². The van der Waals surface area contributed by atoms with Crippen LogP contribution in [0.1, 0.15) is 74.6 Å². The summed E-state index contributed by atoms with van der Waals surface area (Å²) in [5.74, 6) is -2.08. The van der Waals surface area contributed by atoms with Crippen molar-refractivity contribution in [3.63, 3.8) is 0 Å². The number of amides is 2. The molecule has 1 N–H and O–H groups in total. The molecule has 1 aromatic heterocycles. The molecule has 21 heteroatoms. The Balaban J connectivity index is 2.00. The molecule has 0 saturated carbocycles. The standard InChI is InChI=1S/C34H47F2N4O13PS/c1-19(27(41)47-11)38-54(46,53-21-14-12-20(35)13-15-21)48-18-22-25(49-31(45)52-34(8,9)10)24(36)26(55-22)39-17-16-23(37-28(39)42)40(29(43)50-32(2,3)4)30(44)51-33(5,6)7/h12-17,19,22,24-26H,18H2,1-11H3,(H,38,46)/t19?,22-,24+,25-,26-,54?/m1/s1. The van der Waals surface area contributed by atoms with Crippen LogP contribution in [0.5, 0.6) is 5.75 Å². The molecule has 3 rings (SSSR count). The van der Waals surface area contributed by atoms with E-state index in [-0.39, 0.29) is 5.75 Å². The number of anilines is 1. The van der Waals surface area contributed by atoms with E-state index in [1.54, 1.807) is 62.3 Å². The lowest BCUT2D eigenvalue weighted by Gasteiger charge is -2.28. The number of esters is 1. The van der Waals surface area contributed by atoms with Crippen LogP contribution < -0.4 is 20.2 Å². The van der Waals surface area contributed by atoms with Gasteiger partial charge in [0, 0.05) is 6.20 Å². The largest absolute Gasteiger partial charge is 0.509 e. The van der Waals surface area contributed by atoms with Gasteiger partial charge in [0.2, 0.25) is 0 Å². The summed E-state index contributed by atoms with van der Waals surface area (Å²) in [4.78, 5) is 69.0. The predicted molar refractivity (Wildman–Crippen MR) is 195 cm³/mol. The maximum atomic E-state index is 16.4. The topological polar surface area (TPSA) is 200 Å². The monoisotopic (exact) mass is 820 g/mol. The molecule has 2 unspecified atom stereocenters. The van der Waals surface area contributed by atoms with Crippen molar-refractivity contribution in [3.05, 3.63) is 52.8 Å². The molecular formula is C34H47F2N4O13PS. The van der Waals surface area contributed by atoms with Crippen molar-refractivity contribution in [3.8, 4) is 5.75 Å². The quantitative estimate of drug-likeness (QED) is 0.143. The highest BCUT2D eigenvalue weighted by Gasteiger charge is 2.50. The van der Waals surface area contributed by atoms with E-state index in [2.05, 4.69) is 14.8 Å². The highest BCUT2D eigenvalue weighted by Crippen LogP contribution is 2.50. The van der Waals surface area contributed by atoms with Gasteiger partial charge in [-0.3, -0.25) is 13.9 Å². The summed E-state index contributed by atoms with van der Waals surface area (Å²) in [5.41, 5.74) is -4.30. The molecule has 2 aromatic rings.